The fraction of sp³-hybridized carbons (Fsp3) is 0.238. The van der Waals surface area contributed by atoms with E-state index in [0.29, 0.717) is 18.9 Å². The van der Waals surface area contributed by atoms with Crippen LogP contribution in [0.15, 0.2) is 70.3 Å². The largest absolute Gasteiger partial charge is 0.438 e. The minimum Gasteiger partial charge on any atom is -0.438 e. The quantitative estimate of drug-likeness (QED) is 0.690. The number of carbonyl (C=O) groups is 1. The summed E-state index contributed by atoms with van der Waals surface area (Å²) in [7, 11) is -3.71. The van der Waals surface area contributed by atoms with Gasteiger partial charge in [0.25, 0.3) is 15.9 Å². The van der Waals surface area contributed by atoms with Crippen molar-refractivity contribution in [2.75, 3.05) is 18.4 Å². The third-order valence-electron chi connectivity index (χ3n) is 4.83. The SMILES string of the molecule is O=C(Nc1ccc(-c2ccccc2)cn1)c1ccc(S(=O)(=O)N2CCCCC2)o1. The lowest BCUT2D eigenvalue weighted by molar-refractivity contribution is 0.0991. The summed E-state index contributed by atoms with van der Waals surface area (Å²) in [6.45, 7) is 0.949. The van der Waals surface area contributed by atoms with Crippen LogP contribution >= 0.6 is 0 Å². The van der Waals surface area contributed by atoms with Crippen molar-refractivity contribution in [2.45, 2.75) is 24.4 Å². The average molecular weight is 411 g/mol. The van der Waals surface area contributed by atoms with E-state index in [4.69, 9.17) is 4.42 Å². The van der Waals surface area contributed by atoms with Gasteiger partial charge in [0.05, 0.1) is 0 Å². The lowest BCUT2D eigenvalue weighted by Gasteiger charge is -2.24. The second-order valence-electron chi connectivity index (χ2n) is 6.84. The molecule has 1 fully saturated rings. The summed E-state index contributed by atoms with van der Waals surface area (Å²) in [5, 5.41) is 2.42. The number of nitrogens with one attached hydrogen (secondary N) is 1. The molecule has 0 bridgehead atoms. The average Bonchev–Trinajstić information content (AvgIpc) is 3.27. The maximum atomic E-state index is 12.6. The highest BCUT2D eigenvalue weighted by Gasteiger charge is 2.29. The van der Waals surface area contributed by atoms with E-state index in [1.807, 2.05) is 36.4 Å². The van der Waals surface area contributed by atoms with Crippen LogP contribution in [0.5, 0.6) is 0 Å². The minimum absolute atomic E-state index is 0.0745. The molecule has 1 aliphatic heterocycles. The smallest absolute Gasteiger partial charge is 0.292 e. The van der Waals surface area contributed by atoms with Gasteiger partial charge in [0.15, 0.2) is 5.76 Å². The summed E-state index contributed by atoms with van der Waals surface area (Å²) in [4.78, 5) is 16.7. The predicted octanol–water partition coefficient (Wildman–Crippen LogP) is 3.77. The van der Waals surface area contributed by atoms with E-state index in [2.05, 4.69) is 10.3 Å². The van der Waals surface area contributed by atoms with Crippen LogP contribution in [0.4, 0.5) is 5.82 Å². The summed E-state index contributed by atoms with van der Waals surface area (Å²) in [6, 6.07) is 16.0. The van der Waals surface area contributed by atoms with Crippen LogP contribution in [0.3, 0.4) is 0 Å². The van der Waals surface area contributed by atoms with E-state index >= 15 is 0 Å². The Labute approximate surface area is 169 Å². The van der Waals surface area contributed by atoms with Gasteiger partial charge in [0.2, 0.25) is 5.09 Å². The molecule has 8 heteroatoms. The molecular formula is C21H21N3O4S. The zero-order chi connectivity index (χ0) is 20.3. The highest BCUT2D eigenvalue weighted by molar-refractivity contribution is 7.89. The summed E-state index contributed by atoms with van der Waals surface area (Å²) < 4.78 is 32.0. The van der Waals surface area contributed by atoms with Crippen molar-refractivity contribution in [3.8, 4) is 11.1 Å². The van der Waals surface area contributed by atoms with Gasteiger partial charge in [0, 0.05) is 24.8 Å². The number of nitrogens with zero attached hydrogens (tertiary/aromatic N) is 2. The van der Waals surface area contributed by atoms with E-state index < -0.39 is 15.9 Å². The third kappa shape index (κ3) is 4.23. The molecular weight excluding hydrogens is 390 g/mol. The first-order valence-corrected chi connectivity index (χ1v) is 10.9. The number of pyridine rings is 1. The van der Waals surface area contributed by atoms with Crippen molar-refractivity contribution in [1.29, 1.82) is 0 Å². The fourth-order valence-corrected chi connectivity index (χ4v) is 4.69. The molecule has 2 aromatic heterocycles. The molecule has 1 aromatic carbocycles. The minimum atomic E-state index is -3.71. The second kappa shape index (κ2) is 8.18. The van der Waals surface area contributed by atoms with Crippen LogP contribution in [-0.2, 0) is 10.0 Å². The molecule has 1 N–H and O–H groups in total. The first-order chi connectivity index (χ1) is 14.0. The van der Waals surface area contributed by atoms with Gasteiger partial charge in [-0.2, -0.15) is 4.31 Å². The number of amides is 1. The van der Waals surface area contributed by atoms with Crippen molar-refractivity contribution in [3.05, 3.63) is 66.6 Å². The Hall–Kier alpha value is -2.97. The van der Waals surface area contributed by atoms with Crippen LogP contribution in [0, 0.1) is 0 Å². The first-order valence-electron chi connectivity index (χ1n) is 9.47. The Morgan fingerprint density at radius 3 is 2.38 bits per heavy atom. The van der Waals surface area contributed by atoms with E-state index in [-0.39, 0.29) is 10.9 Å². The number of sulfonamides is 1. The topological polar surface area (TPSA) is 92.5 Å². The molecule has 0 spiro atoms. The van der Waals surface area contributed by atoms with Gasteiger partial charge >= 0.3 is 0 Å². The molecule has 0 aliphatic carbocycles. The molecule has 1 saturated heterocycles. The fourth-order valence-electron chi connectivity index (χ4n) is 3.26. The summed E-state index contributed by atoms with van der Waals surface area (Å²) in [5.41, 5.74) is 1.95. The molecule has 3 heterocycles. The number of furan rings is 1. The van der Waals surface area contributed by atoms with E-state index in [9.17, 15) is 13.2 Å². The number of carbonyl (C=O) groups excluding carboxylic acids is 1. The number of aromatic nitrogens is 1. The van der Waals surface area contributed by atoms with Crippen molar-refractivity contribution in [1.82, 2.24) is 9.29 Å². The molecule has 7 nitrogen and oxygen atoms in total. The maximum absolute atomic E-state index is 12.6. The number of rotatable bonds is 5. The molecule has 150 valence electrons. The lowest BCUT2D eigenvalue weighted by atomic mass is 10.1. The maximum Gasteiger partial charge on any atom is 0.292 e. The van der Waals surface area contributed by atoms with Crippen LogP contribution in [0.2, 0.25) is 0 Å². The van der Waals surface area contributed by atoms with Gasteiger partial charge in [-0.1, -0.05) is 36.8 Å². The normalized spacial score (nSPS) is 15.2. The number of anilines is 1. The third-order valence-corrected chi connectivity index (χ3v) is 6.60. The molecule has 4 rings (SSSR count). The van der Waals surface area contributed by atoms with E-state index in [0.717, 1.165) is 30.4 Å². The molecule has 0 saturated carbocycles. The van der Waals surface area contributed by atoms with Gasteiger partial charge < -0.3 is 9.73 Å². The first kappa shape index (κ1) is 19.4. The zero-order valence-electron chi connectivity index (χ0n) is 15.7. The predicted molar refractivity (Wildman–Crippen MR) is 109 cm³/mol. The molecule has 0 unspecified atom stereocenters. The van der Waals surface area contributed by atoms with Crippen molar-refractivity contribution in [2.24, 2.45) is 0 Å². The molecule has 1 aliphatic rings. The lowest BCUT2D eigenvalue weighted by Crippen LogP contribution is -2.35. The van der Waals surface area contributed by atoms with Gasteiger partial charge in [0.1, 0.15) is 5.82 Å². The summed E-state index contributed by atoms with van der Waals surface area (Å²) in [5.74, 6) is -0.272. The summed E-state index contributed by atoms with van der Waals surface area (Å²) in [6.07, 6.45) is 4.35. The monoisotopic (exact) mass is 411 g/mol. The van der Waals surface area contributed by atoms with Gasteiger partial charge in [-0.05, 0) is 42.7 Å². The van der Waals surface area contributed by atoms with Crippen molar-refractivity contribution >= 4 is 21.7 Å². The van der Waals surface area contributed by atoms with Crippen molar-refractivity contribution < 1.29 is 17.6 Å². The van der Waals surface area contributed by atoms with Crippen LogP contribution in [0.25, 0.3) is 11.1 Å². The Bertz CT molecular complexity index is 1090. The highest BCUT2D eigenvalue weighted by Crippen LogP contribution is 2.23. The van der Waals surface area contributed by atoms with E-state index in [1.54, 1.807) is 12.3 Å². The number of piperidine rings is 1. The van der Waals surface area contributed by atoms with Gasteiger partial charge in [-0.15, -0.1) is 0 Å². The van der Waals surface area contributed by atoms with Crippen LogP contribution in [0.1, 0.15) is 29.8 Å². The Morgan fingerprint density at radius 2 is 1.69 bits per heavy atom. The second-order valence-corrected chi connectivity index (χ2v) is 8.70. The molecule has 29 heavy (non-hydrogen) atoms. The zero-order valence-corrected chi connectivity index (χ0v) is 16.6. The van der Waals surface area contributed by atoms with Crippen molar-refractivity contribution in [3.63, 3.8) is 0 Å². The van der Waals surface area contributed by atoms with E-state index in [1.165, 1.54) is 16.4 Å². The van der Waals surface area contributed by atoms with Crippen LogP contribution in [-0.4, -0.2) is 36.7 Å². The summed E-state index contributed by atoms with van der Waals surface area (Å²) >= 11 is 0. The molecule has 3 aromatic rings. The number of hydrogen-bond donors (Lipinski definition) is 1. The van der Waals surface area contributed by atoms with Gasteiger partial charge in [-0.25, -0.2) is 13.4 Å². The molecule has 0 atom stereocenters. The Balaban J connectivity index is 1.45. The molecule has 1 amide bonds. The standard InChI is InChI=1S/C21H21N3O4S/c25-21(23-19-11-9-17(15-22-19)16-7-3-1-4-8-16)18-10-12-20(28-18)29(26,27)24-13-5-2-6-14-24/h1,3-4,7-12,15H,2,5-6,13-14H2,(H,22,23,25). The Morgan fingerprint density at radius 1 is 0.931 bits per heavy atom. The van der Waals surface area contributed by atoms with Crippen LogP contribution < -0.4 is 5.32 Å². The highest BCUT2D eigenvalue weighted by atomic mass is 32.2. The number of hydrogen-bond acceptors (Lipinski definition) is 5. The van der Waals surface area contributed by atoms with Gasteiger partial charge in [-0.3, -0.25) is 4.79 Å². The number of benzene rings is 1. The Kier molecular flexibility index (Phi) is 5.46. The molecule has 0 radical (unpaired) electrons.